The van der Waals surface area contributed by atoms with Crippen molar-refractivity contribution in [3.05, 3.63) is 35.6 Å². The van der Waals surface area contributed by atoms with Crippen LogP contribution in [0.5, 0.6) is 0 Å². The summed E-state index contributed by atoms with van der Waals surface area (Å²) in [6.07, 6.45) is 0. The van der Waals surface area contributed by atoms with Crippen LogP contribution in [0.1, 0.15) is 5.56 Å². The van der Waals surface area contributed by atoms with E-state index in [9.17, 15) is 14.0 Å². The maximum Gasteiger partial charge on any atom is 0.324 e. The maximum atomic E-state index is 13.0. The molecule has 0 atom stereocenters. The Balaban J connectivity index is 2.09. The van der Waals surface area contributed by atoms with Crippen LogP contribution in [0.4, 0.5) is 4.39 Å². The highest BCUT2D eigenvalue weighted by Crippen LogP contribution is 2.30. The maximum absolute atomic E-state index is 13.0. The number of benzene rings is 1. The van der Waals surface area contributed by atoms with Crippen LogP contribution in [-0.2, 0) is 20.9 Å². The van der Waals surface area contributed by atoms with Crippen LogP contribution >= 0.6 is 0 Å². The summed E-state index contributed by atoms with van der Waals surface area (Å²) in [6, 6.07) is 5.85. The van der Waals surface area contributed by atoms with Crippen molar-refractivity contribution >= 4 is 11.9 Å². The molecule has 1 aliphatic rings. The van der Waals surface area contributed by atoms with Crippen LogP contribution in [0.3, 0.4) is 0 Å². The van der Waals surface area contributed by atoms with E-state index in [-0.39, 0.29) is 19.8 Å². The number of halogens is 1. The van der Waals surface area contributed by atoms with Gasteiger partial charge in [0.05, 0.1) is 13.2 Å². The van der Waals surface area contributed by atoms with Crippen molar-refractivity contribution in [1.82, 2.24) is 4.90 Å². The molecule has 102 valence electrons. The van der Waals surface area contributed by atoms with Gasteiger partial charge in [0.25, 0.3) is 0 Å². The summed E-state index contributed by atoms with van der Waals surface area (Å²) in [5, 5.41) is 9.13. The number of carbonyl (C=O) groups is 2. The van der Waals surface area contributed by atoms with Crippen molar-refractivity contribution in [2.24, 2.45) is 5.41 Å². The molecule has 1 saturated heterocycles. The standard InChI is InChI=1S/C13H14FNO4/c1-15(6-9-3-2-4-10(14)5-9)11(16)13(12(17)18)7-19-8-13/h2-5H,6-8H2,1H3,(H,17,18). The van der Waals surface area contributed by atoms with Crippen molar-refractivity contribution in [1.29, 1.82) is 0 Å². The molecule has 0 aromatic heterocycles. The molecule has 1 amide bonds. The lowest BCUT2D eigenvalue weighted by Gasteiger charge is -2.38. The van der Waals surface area contributed by atoms with Gasteiger partial charge < -0.3 is 14.7 Å². The summed E-state index contributed by atoms with van der Waals surface area (Å²) in [7, 11) is 1.50. The van der Waals surface area contributed by atoms with Gasteiger partial charge in [0.2, 0.25) is 5.91 Å². The third kappa shape index (κ3) is 2.44. The number of amides is 1. The predicted octanol–water partition coefficient (Wildman–Crippen LogP) is 0.885. The van der Waals surface area contributed by atoms with E-state index in [1.54, 1.807) is 12.1 Å². The van der Waals surface area contributed by atoms with Crippen LogP contribution in [0.2, 0.25) is 0 Å². The summed E-state index contributed by atoms with van der Waals surface area (Å²) >= 11 is 0. The first-order valence-electron chi connectivity index (χ1n) is 5.77. The Kier molecular flexibility index (Phi) is 3.53. The van der Waals surface area contributed by atoms with Gasteiger partial charge in [0, 0.05) is 13.6 Å². The van der Waals surface area contributed by atoms with Gasteiger partial charge in [-0.2, -0.15) is 0 Å². The Morgan fingerprint density at radius 3 is 2.63 bits per heavy atom. The fourth-order valence-electron chi connectivity index (χ4n) is 1.99. The fraction of sp³-hybridized carbons (Fsp3) is 0.385. The molecule has 6 heteroatoms. The van der Waals surface area contributed by atoms with Crippen molar-refractivity contribution in [2.45, 2.75) is 6.54 Å². The van der Waals surface area contributed by atoms with Crippen molar-refractivity contribution in [2.75, 3.05) is 20.3 Å². The van der Waals surface area contributed by atoms with E-state index in [0.29, 0.717) is 5.56 Å². The minimum Gasteiger partial charge on any atom is -0.480 e. The number of hydrogen-bond donors (Lipinski definition) is 1. The van der Waals surface area contributed by atoms with Crippen LogP contribution in [0.15, 0.2) is 24.3 Å². The molecule has 5 nitrogen and oxygen atoms in total. The summed E-state index contributed by atoms with van der Waals surface area (Å²) in [5.41, 5.74) is -0.876. The zero-order valence-electron chi connectivity index (χ0n) is 10.4. The minimum absolute atomic E-state index is 0.116. The van der Waals surface area contributed by atoms with E-state index in [1.807, 2.05) is 0 Å². The zero-order valence-corrected chi connectivity index (χ0v) is 10.4. The minimum atomic E-state index is -1.48. The molecular formula is C13H14FNO4. The number of hydrogen-bond acceptors (Lipinski definition) is 3. The molecule has 0 saturated carbocycles. The van der Waals surface area contributed by atoms with E-state index in [2.05, 4.69) is 0 Å². The lowest BCUT2D eigenvalue weighted by molar-refractivity contribution is -0.190. The molecule has 0 radical (unpaired) electrons. The van der Waals surface area contributed by atoms with Gasteiger partial charge in [-0.3, -0.25) is 9.59 Å². The molecule has 0 spiro atoms. The van der Waals surface area contributed by atoms with Gasteiger partial charge in [-0.1, -0.05) is 12.1 Å². The highest BCUT2D eigenvalue weighted by Gasteiger charge is 2.54. The van der Waals surface area contributed by atoms with Gasteiger partial charge in [0.1, 0.15) is 5.82 Å². The molecule has 1 aromatic carbocycles. The molecule has 1 N–H and O–H groups in total. The smallest absolute Gasteiger partial charge is 0.324 e. The van der Waals surface area contributed by atoms with E-state index < -0.39 is 23.1 Å². The second-order valence-electron chi connectivity index (χ2n) is 4.67. The highest BCUT2D eigenvalue weighted by atomic mass is 19.1. The van der Waals surface area contributed by atoms with Crippen LogP contribution in [0.25, 0.3) is 0 Å². The first-order valence-corrected chi connectivity index (χ1v) is 5.77. The molecule has 2 rings (SSSR count). The number of aliphatic carboxylic acids is 1. The molecule has 1 fully saturated rings. The molecular weight excluding hydrogens is 253 g/mol. The Hall–Kier alpha value is -1.95. The lowest BCUT2D eigenvalue weighted by atomic mass is 9.84. The van der Waals surface area contributed by atoms with Gasteiger partial charge >= 0.3 is 5.97 Å². The number of carboxylic acid groups (broad SMARTS) is 1. The monoisotopic (exact) mass is 267 g/mol. The molecule has 0 unspecified atom stereocenters. The van der Waals surface area contributed by atoms with Crippen molar-refractivity contribution in [3.8, 4) is 0 Å². The molecule has 19 heavy (non-hydrogen) atoms. The lowest BCUT2D eigenvalue weighted by Crippen LogP contribution is -2.59. The van der Waals surface area contributed by atoms with Crippen molar-refractivity contribution < 1.29 is 23.8 Å². The molecule has 0 aliphatic carbocycles. The Bertz CT molecular complexity index is 513. The normalized spacial score (nSPS) is 16.5. The summed E-state index contributed by atoms with van der Waals surface area (Å²) < 4.78 is 17.9. The quantitative estimate of drug-likeness (QED) is 0.823. The summed E-state index contributed by atoms with van der Waals surface area (Å²) in [5.74, 6) is -2.09. The average molecular weight is 267 g/mol. The summed E-state index contributed by atoms with van der Waals surface area (Å²) in [4.78, 5) is 24.6. The zero-order chi connectivity index (χ0) is 14.0. The topological polar surface area (TPSA) is 66.8 Å². The van der Waals surface area contributed by atoms with E-state index in [4.69, 9.17) is 9.84 Å². The van der Waals surface area contributed by atoms with E-state index in [1.165, 1.54) is 24.1 Å². The second-order valence-corrected chi connectivity index (χ2v) is 4.67. The largest absolute Gasteiger partial charge is 0.480 e. The number of ether oxygens (including phenoxy) is 1. The predicted molar refractivity (Wildman–Crippen MR) is 63.8 cm³/mol. The number of rotatable bonds is 4. The van der Waals surface area contributed by atoms with Gasteiger partial charge in [0.15, 0.2) is 5.41 Å². The molecule has 1 heterocycles. The van der Waals surface area contributed by atoms with E-state index >= 15 is 0 Å². The van der Waals surface area contributed by atoms with Gasteiger partial charge in [-0.25, -0.2) is 4.39 Å². The summed E-state index contributed by atoms with van der Waals surface area (Å²) in [6.45, 7) is -0.0745. The molecule has 1 aliphatic heterocycles. The molecule has 0 bridgehead atoms. The highest BCUT2D eigenvalue weighted by molar-refractivity contribution is 6.03. The van der Waals surface area contributed by atoms with Gasteiger partial charge in [-0.15, -0.1) is 0 Å². The van der Waals surface area contributed by atoms with Crippen LogP contribution < -0.4 is 0 Å². The third-order valence-electron chi connectivity index (χ3n) is 3.17. The van der Waals surface area contributed by atoms with Crippen LogP contribution in [0, 0.1) is 11.2 Å². The first-order chi connectivity index (χ1) is 8.95. The third-order valence-corrected chi connectivity index (χ3v) is 3.17. The SMILES string of the molecule is CN(Cc1cccc(F)c1)C(=O)C1(C(=O)O)COC1. The Morgan fingerprint density at radius 2 is 2.16 bits per heavy atom. The fourth-order valence-corrected chi connectivity index (χ4v) is 1.99. The van der Waals surface area contributed by atoms with Crippen molar-refractivity contribution in [3.63, 3.8) is 0 Å². The number of carbonyl (C=O) groups excluding carboxylic acids is 1. The second kappa shape index (κ2) is 4.97. The van der Waals surface area contributed by atoms with Crippen LogP contribution in [-0.4, -0.2) is 42.1 Å². The van der Waals surface area contributed by atoms with E-state index in [0.717, 1.165) is 0 Å². The first kappa shape index (κ1) is 13.5. The number of carboxylic acids is 1. The Morgan fingerprint density at radius 1 is 1.47 bits per heavy atom. The average Bonchev–Trinajstić information content (AvgIpc) is 2.26. The van der Waals surface area contributed by atoms with Gasteiger partial charge in [-0.05, 0) is 17.7 Å². The number of nitrogens with zero attached hydrogens (tertiary/aromatic N) is 1. The molecule has 1 aromatic rings. The Labute approximate surface area is 109 Å².